The van der Waals surface area contributed by atoms with Gasteiger partial charge in [-0.15, -0.1) is 0 Å². The van der Waals surface area contributed by atoms with Gasteiger partial charge < -0.3 is 30.3 Å². The number of anilines is 1. The van der Waals surface area contributed by atoms with Crippen LogP contribution in [0.4, 0.5) is 5.69 Å². The van der Waals surface area contributed by atoms with Crippen LogP contribution in [0.1, 0.15) is 21.7 Å². The minimum atomic E-state index is -0.294. The van der Waals surface area contributed by atoms with Gasteiger partial charge in [-0.2, -0.15) is 0 Å². The largest absolute Gasteiger partial charge is 0.493 e. The van der Waals surface area contributed by atoms with Crippen molar-refractivity contribution in [1.29, 1.82) is 0 Å². The van der Waals surface area contributed by atoms with Crippen molar-refractivity contribution >= 4 is 17.6 Å². The minimum Gasteiger partial charge on any atom is -0.493 e. The topological polar surface area (TPSA) is 111 Å². The Bertz CT molecular complexity index is 998. The van der Waals surface area contributed by atoms with E-state index in [0.29, 0.717) is 36.2 Å². The summed E-state index contributed by atoms with van der Waals surface area (Å²) in [7, 11) is 3.19. The third-order valence-electron chi connectivity index (χ3n) is 4.31. The molecule has 0 atom stereocenters. The monoisotopic (exact) mass is 408 g/mol. The number of hydrogen-bond donors (Lipinski definition) is 3. The first-order chi connectivity index (χ1) is 14.6. The molecule has 1 amide bonds. The Hall–Kier alpha value is -3.94. The molecule has 1 aromatic heterocycles. The van der Waals surface area contributed by atoms with E-state index in [0.717, 1.165) is 11.1 Å². The van der Waals surface area contributed by atoms with Crippen LogP contribution in [0.2, 0.25) is 0 Å². The number of methoxy groups -OCH3 is 2. The summed E-state index contributed by atoms with van der Waals surface area (Å²) in [6.07, 6.45) is 1.46. The minimum absolute atomic E-state index is 0.263. The lowest BCUT2D eigenvalue weighted by Gasteiger charge is -2.09. The number of aliphatic imine (C=N–C) groups is 1. The molecular weight excluding hydrogens is 384 g/mol. The van der Waals surface area contributed by atoms with Crippen LogP contribution in [0.15, 0.2) is 70.3 Å². The van der Waals surface area contributed by atoms with E-state index < -0.39 is 0 Å². The van der Waals surface area contributed by atoms with Crippen molar-refractivity contribution in [3.8, 4) is 11.5 Å². The maximum atomic E-state index is 12.0. The fourth-order valence-corrected chi connectivity index (χ4v) is 2.71. The van der Waals surface area contributed by atoms with Crippen LogP contribution >= 0.6 is 0 Å². The fraction of sp³-hybridized carbons (Fsp3) is 0.182. The number of amides is 1. The van der Waals surface area contributed by atoms with E-state index in [-0.39, 0.29) is 11.7 Å². The highest BCUT2D eigenvalue weighted by Gasteiger charge is 2.08. The van der Waals surface area contributed by atoms with Gasteiger partial charge in [0.15, 0.2) is 23.2 Å². The summed E-state index contributed by atoms with van der Waals surface area (Å²) >= 11 is 0. The molecule has 4 N–H and O–H groups in total. The van der Waals surface area contributed by atoms with Crippen molar-refractivity contribution < 1.29 is 18.7 Å². The number of nitrogens with one attached hydrogen (secondary N) is 2. The number of hydrogen-bond acceptors (Lipinski definition) is 5. The highest BCUT2D eigenvalue weighted by molar-refractivity contribution is 6.02. The number of nitrogens with zero attached hydrogens (tertiary/aromatic N) is 1. The number of nitrogens with two attached hydrogens (primary N) is 1. The third-order valence-corrected chi connectivity index (χ3v) is 4.31. The average Bonchev–Trinajstić information content (AvgIpc) is 3.32. The molecule has 8 heteroatoms. The molecule has 0 spiro atoms. The lowest BCUT2D eigenvalue weighted by molar-refractivity contribution is 0.0996. The summed E-state index contributed by atoms with van der Waals surface area (Å²) in [5.74, 6) is 1.62. The van der Waals surface area contributed by atoms with E-state index in [1.54, 1.807) is 26.4 Å². The molecule has 8 nitrogen and oxygen atoms in total. The molecule has 0 aliphatic heterocycles. The van der Waals surface area contributed by atoms with E-state index in [2.05, 4.69) is 15.6 Å². The number of furan rings is 1. The second-order valence-electron chi connectivity index (χ2n) is 6.37. The highest BCUT2D eigenvalue weighted by atomic mass is 16.5. The first kappa shape index (κ1) is 20.8. The molecule has 3 rings (SSSR count). The predicted octanol–water partition coefficient (Wildman–Crippen LogP) is 3.15. The standard InChI is InChI=1S/C22H24N4O4/c1-28-18-10-7-16(12-20(18)29-2)14-25-22(23)24-13-15-5-8-17(9-6-15)26-21(27)19-4-3-11-30-19/h3-12H,13-14H2,1-2H3,(H,26,27)(H3,23,24,25). The molecule has 1 heterocycles. The molecule has 3 aromatic rings. The Labute approximate surface area is 174 Å². The van der Waals surface area contributed by atoms with Gasteiger partial charge in [0.1, 0.15) is 0 Å². The van der Waals surface area contributed by atoms with E-state index in [4.69, 9.17) is 19.6 Å². The number of rotatable bonds is 8. The molecule has 30 heavy (non-hydrogen) atoms. The molecule has 0 radical (unpaired) electrons. The first-order valence-corrected chi connectivity index (χ1v) is 9.27. The van der Waals surface area contributed by atoms with Gasteiger partial charge in [-0.1, -0.05) is 18.2 Å². The maximum absolute atomic E-state index is 12.0. The first-order valence-electron chi connectivity index (χ1n) is 9.27. The van der Waals surface area contributed by atoms with Gasteiger partial charge in [0, 0.05) is 12.2 Å². The Balaban J connectivity index is 1.50. The van der Waals surface area contributed by atoms with Crippen LogP contribution in [0, 0.1) is 0 Å². The molecule has 0 aliphatic carbocycles. The molecule has 0 saturated heterocycles. The maximum Gasteiger partial charge on any atom is 0.291 e. The van der Waals surface area contributed by atoms with Crippen LogP contribution < -0.4 is 25.8 Å². The summed E-state index contributed by atoms with van der Waals surface area (Å²) < 4.78 is 15.6. The summed E-state index contributed by atoms with van der Waals surface area (Å²) in [6.45, 7) is 0.921. The normalized spacial score (nSPS) is 11.1. The molecule has 2 aromatic carbocycles. The second-order valence-corrected chi connectivity index (χ2v) is 6.37. The predicted molar refractivity (Wildman–Crippen MR) is 115 cm³/mol. The molecular formula is C22H24N4O4. The van der Waals surface area contributed by atoms with E-state index >= 15 is 0 Å². The van der Waals surface area contributed by atoms with Gasteiger partial charge in [0.2, 0.25) is 0 Å². The zero-order valence-electron chi connectivity index (χ0n) is 16.8. The highest BCUT2D eigenvalue weighted by Crippen LogP contribution is 2.27. The van der Waals surface area contributed by atoms with Gasteiger partial charge in [-0.3, -0.25) is 4.79 Å². The van der Waals surface area contributed by atoms with Crippen molar-refractivity contribution in [3.05, 3.63) is 77.7 Å². The van der Waals surface area contributed by atoms with Crippen molar-refractivity contribution in [2.45, 2.75) is 13.1 Å². The van der Waals surface area contributed by atoms with Gasteiger partial charge in [0.05, 0.1) is 27.0 Å². The van der Waals surface area contributed by atoms with Crippen molar-refractivity contribution in [1.82, 2.24) is 5.32 Å². The second kappa shape index (κ2) is 10.0. The van der Waals surface area contributed by atoms with Crippen LogP contribution in [0.3, 0.4) is 0 Å². The number of carbonyl (C=O) groups excluding carboxylic acids is 1. The Kier molecular flexibility index (Phi) is 6.94. The number of ether oxygens (including phenoxy) is 2. The van der Waals surface area contributed by atoms with Gasteiger partial charge in [-0.25, -0.2) is 4.99 Å². The zero-order valence-corrected chi connectivity index (χ0v) is 16.8. The van der Waals surface area contributed by atoms with E-state index in [9.17, 15) is 4.79 Å². The molecule has 0 aliphatic rings. The Morgan fingerprint density at radius 3 is 2.43 bits per heavy atom. The molecule has 0 bridgehead atoms. The summed E-state index contributed by atoms with van der Waals surface area (Å²) in [6, 6.07) is 16.3. The number of guanidine groups is 1. The molecule has 0 unspecified atom stereocenters. The Morgan fingerprint density at radius 1 is 1.03 bits per heavy atom. The smallest absolute Gasteiger partial charge is 0.291 e. The zero-order chi connectivity index (χ0) is 21.3. The van der Waals surface area contributed by atoms with Crippen molar-refractivity contribution in [2.75, 3.05) is 19.5 Å². The molecule has 0 fully saturated rings. The lowest BCUT2D eigenvalue weighted by Crippen LogP contribution is -2.31. The lowest BCUT2D eigenvalue weighted by atomic mass is 10.2. The summed E-state index contributed by atoms with van der Waals surface area (Å²) in [5.41, 5.74) is 8.59. The van der Waals surface area contributed by atoms with Crippen LogP contribution in [0.25, 0.3) is 0 Å². The van der Waals surface area contributed by atoms with Gasteiger partial charge >= 0.3 is 0 Å². The SMILES string of the molecule is COc1ccc(CN=C(N)NCc2ccc(NC(=O)c3ccco3)cc2)cc1OC. The van der Waals surface area contributed by atoms with Crippen LogP contribution in [-0.2, 0) is 13.1 Å². The number of benzene rings is 2. The summed E-state index contributed by atoms with van der Waals surface area (Å²) in [4.78, 5) is 16.3. The average molecular weight is 408 g/mol. The third kappa shape index (κ3) is 5.54. The molecule has 156 valence electrons. The molecule has 0 saturated carbocycles. The van der Waals surface area contributed by atoms with Crippen molar-refractivity contribution in [2.24, 2.45) is 10.7 Å². The van der Waals surface area contributed by atoms with Crippen LogP contribution in [0.5, 0.6) is 11.5 Å². The quantitative estimate of drug-likeness (QED) is 0.390. The van der Waals surface area contributed by atoms with Crippen LogP contribution in [-0.4, -0.2) is 26.1 Å². The van der Waals surface area contributed by atoms with E-state index in [1.165, 1.54) is 6.26 Å². The van der Waals surface area contributed by atoms with Gasteiger partial charge in [0.25, 0.3) is 5.91 Å². The number of carbonyl (C=O) groups is 1. The fourth-order valence-electron chi connectivity index (χ4n) is 2.71. The van der Waals surface area contributed by atoms with E-state index in [1.807, 2.05) is 42.5 Å². The Morgan fingerprint density at radius 2 is 1.77 bits per heavy atom. The van der Waals surface area contributed by atoms with Gasteiger partial charge in [-0.05, 0) is 47.5 Å². The summed E-state index contributed by atoms with van der Waals surface area (Å²) in [5, 5.41) is 5.84. The van der Waals surface area contributed by atoms with Crippen molar-refractivity contribution in [3.63, 3.8) is 0 Å².